The molecule has 1 aliphatic heterocycles. The predicted molar refractivity (Wildman–Crippen MR) is 455 cm³/mol. The lowest BCUT2D eigenvalue weighted by Crippen LogP contribution is -2.53. The molecule has 6 fully saturated rings. The highest BCUT2D eigenvalue weighted by atomic mass is 35.5. The number of amides is 1. The van der Waals surface area contributed by atoms with E-state index in [1.54, 1.807) is 82.4 Å². The minimum Gasteiger partial charge on any atom is -0.469 e. The summed E-state index contributed by atoms with van der Waals surface area (Å²) >= 11 is 4.30. The lowest BCUT2D eigenvalue weighted by molar-refractivity contribution is -0.587. The van der Waals surface area contributed by atoms with Gasteiger partial charge in [-0.1, -0.05) is 46.9 Å². The molecule has 32 heteroatoms. The highest BCUT2D eigenvalue weighted by Gasteiger charge is 2.65. The largest absolute Gasteiger partial charge is 0.469 e. The number of nitrogens with one attached hydrogen (secondary N) is 2. The molecule has 5 saturated carbocycles. The van der Waals surface area contributed by atoms with Crippen LogP contribution >= 0.6 is 11.8 Å². The minimum absolute atomic E-state index is 0. The van der Waals surface area contributed by atoms with Crippen molar-refractivity contribution >= 4 is 73.9 Å². The van der Waals surface area contributed by atoms with Crippen LogP contribution in [0.25, 0.3) is 58.8 Å². The molecule has 4 N–H and O–H groups in total. The molecule has 0 unspecified atom stereocenters. The molecule has 6 heterocycles. The molecule has 1 amide bonds. The van der Waals surface area contributed by atoms with Gasteiger partial charge in [0.25, 0.3) is 0 Å². The van der Waals surface area contributed by atoms with Gasteiger partial charge in [0.05, 0.1) is 129 Å². The van der Waals surface area contributed by atoms with Crippen LogP contribution in [0, 0.1) is 76.4 Å². The zero-order chi connectivity index (χ0) is 86.9. The number of allylic oxidation sites excluding steroid dienone is 2. The fourth-order valence-corrected chi connectivity index (χ4v) is 21.0. The molecule has 0 bridgehead atoms. The van der Waals surface area contributed by atoms with Gasteiger partial charge in [0, 0.05) is 73.0 Å². The zero-order valence-corrected chi connectivity index (χ0v) is 69.9. The van der Waals surface area contributed by atoms with Gasteiger partial charge in [-0.2, -0.15) is 25.5 Å². The van der Waals surface area contributed by atoms with E-state index in [1.807, 2.05) is 65.6 Å². The summed E-state index contributed by atoms with van der Waals surface area (Å²) in [6.45, 7) is 10.3. The number of methoxy groups -OCH3 is 1. The van der Waals surface area contributed by atoms with Crippen LogP contribution in [0.3, 0.4) is 0 Å². The third-order valence-electron chi connectivity index (χ3n) is 28.1. The van der Waals surface area contributed by atoms with Crippen LogP contribution in [0.5, 0.6) is 0 Å². The Kier molecular flexibility index (Phi) is 23.5. The summed E-state index contributed by atoms with van der Waals surface area (Å²) in [7, 11) is 1.29. The number of fused-ring (bicyclic) bond motifs is 11. The van der Waals surface area contributed by atoms with Crippen LogP contribution in [0.15, 0.2) is 185 Å². The summed E-state index contributed by atoms with van der Waals surface area (Å²) in [5, 5.41) is 69.0. The van der Waals surface area contributed by atoms with Crippen LogP contribution in [0.2, 0.25) is 0 Å². The first-order valence-electron chi connectivity index (χ1n) is 41.0. The van der Waals surface area contributed by atoms with Crippen LogP contribution in [0.1, 0.15) is 181 Å². The number of hydrogen-bond acceptors (Lipinski definition) is 17. The number of benzene rings is 5. The van der Waals surface area contributed by atoms with E-state index in [9.17, 15) is 61.8 Å². The molecule has 5 aromatic heterocycles. The number of hydrogen-bond donors (Lipinski definition) is 4. The molecule has 5 aromatic carbocycles. The maximum absolute atomic E-state index is 13.3. The quantitative estimate of drug-likeness (QED) is 0.0188. The molecule has 10 aliphatic carbocycles. The van der Waals surface area contributed by atoms with Crippen molar-refractivity contribution < 1.29 is 61.3 Å². The molecule has 8 atom stereocenters. The molecule has 25 nitrogen and oxygen atoms in total. The van der Waals surface area contributed by atoms with Crippen molar-refractivity contribution in [1.29, 1.82) is 0 Å². The Labute approximate surface area is 718 Å². The number of oxime groups is 1. The summed E-state index contributed by atoms with van der Waals surface area (Å²) in [4.78, 5) is 60.2. The number of rotatable bonds is 10. The van der Waals surface area contributed by atoms with Crippen LogP contribution in [0.4, 0.5) is 22.0 Å². The van der Waals surface area contributed by atoms with Gasteiger partial charge in [0.15, 0.2) is 0 Å². The van der Waals surface area contributed by atoms with E-state index in [-0.39, 0.29) is 87.9 Å². The molecular formula is C92H91BClF5N15O10. The van der Waals surface area contributed by atoms with Crippen molar-refractivity contribution in [2.75, 3.05) is 7.11 Å². The Hall–Kier alpha value is -12.3. The van der Waals surface area contributed by atoms with Gasteiger partial charge >= 0.3 is 5.97 Å². The third-order valence-corrected chi connectivity index (χ3v) is 28.1. The van der Waals surface area contributed by atoms with Gasteiger partial charge in [0.1, 0.15) is 34.9 Å². The van der Waals surface area contributed by atoms with Gasteiger partial charge in [-0.05, 0) is 284 Å². The Morgan fingerprint density at radius 3 is 1.26 bits per heavy atom. The van der Waals surface area contributed by atoms with Crippen molar-refractivity contribution in [1.82, 2.24) is 59.2 Å². The number of carbonyl (C=O) groups is 3. The van der Waals surface area contributed by atoms with E-state index in [0.29, 0.717) is 57.1 Å². The number of nitrogens with zero attached hydrogens (tertiary/aromatic N) is 13. The van der Waals surface area contributed by atoms with E-state index >= 15 is 0 Å². The first kappa shape index (κ1) is 86.6. The number of ether oxygens (including phenoxy) is 1. The van der Waals surface area contributed by atoms with Crippen molar-refractivity contribution in [2.24, 2.45) is 32.2 Å². The van der Waals surface area contributed by atoms with Crippen molar-refractivity contribution in [3.63, 3.8) is 0 Å². The maximum Gasteiger partial charge on any atom is 0.305 e. The number of carbonyl (C=O) groups excluding carboxylic acids is 3. The van der Waals surface area contributed by atoms with Crippen LogP contribution in [-0.2, 0) is 51.2 Å². The molecule has 639 valence electrons. The van der Waals surface area contributed by atoms with Gasteiger partial charge in [-0.3, -0.25) is 34.6 Å². The van der Waals surface area contributed by atoms with Gasteiger partial charge < -0.3 is 20.5 Å². The maximum atomic E-state index is 13.3. The minimum atomic E-state index is -1.22. The summed E-state index contributed by atoms with van der Waals surface area (Å²) in [6, 6.07) is 30.8. The van der Waals surface area contributed by atoms with Gasteiger partial charge in [0.2, 0.25) is 17.5 Å². The molecular weight excluding hydrogens is 1620 g/mol. The molecule has 1 saturated heterocycles. The highest BCUT2D eigenvalue weighted by molar-refractivity contribution is 6.12. The van der Waals surface area contributed by atoms with E-state index < -0.39 is 28.4 Å². The lowest BCUT2D eigenvalue weighted by Gasteiger charge is -2.43. The molecule has 1 spiro atoms. The van der Waals surface area contributed by atoms with Crippen molar-refractivity contribution in [3.8, 4) is 28.4 Å². The Morgan fingerprint density at radius 1 is 0.508 bits per heavy atom. The number of esters is 1. The van der Waals surface area contributed by atoms with E-state index in [1.165, 1.54) is 95.1 Å². The van der Waals surface area contributed by atoms with Gasteiger partial charge in [-0.25, -0.2) is 45.4 Å². The molecule has 11 aliphatic rings. The lowest BCUT2D eigenvalue weighted by atomic mass is 9.64. The number of halogens is 6. The summed E-state index contributed by atoms with van der Waals surface area (Å²) in [5.41, 5.74) is 18.2. The molecule has 124 heavy (non-hydrogen) atoms. The molecule has 3 radical (unpaired) electrons. The van der Waals surface area contributed by atoms with E-state index in [0.717, 1.165) is 154 Å². The Balaban J connectivity index is 0.000000119. The molecule has 21 rings (SSSR count). The van der Waals surface area contributed by atoms with E-state index in [4.69, 9.17) is 9.94 Å². The topological polar surface area (TPSA) is 313 Å². The second kappa shape index (κ2) is 33.7. The average Bonchev–Trinajstić information content (AvgIpc) is 1.56. The van der Waals surface area contributed by atoms with Gasteiger partial charge in [-0.15, -0.1) is 5.00 Å². The number of nitro groups is 2. The fourth-order valence-electron chi connectivity index (χ4n) is 21.0. The third kappa shape index (κ3) is 15.2. The Morgan fingerprint density at radius 2 is 0.863 bits per heavy atom. The first-order chi connectivity index (χ1) is 58.9. The first-order valence-corrected chi connectivity index (χ1v) is 41.4. The monoisotopic (exact) mass is 1710 g/mol. The number of aromatic nitrogens is 10. The molecule has 10 aromatic rings. The smallest absolute Gasteiger partial charge is 0.305 e. The van der Waals surface area contributed by atoms with Crippen molar-refractivity contribution in [3.05, 3.63) is 286 Å². The Bertz CT molecular complexity index is 6060. The predicted octanol–water partition coefficient (Wildman–Crippen LogP) is 17.2. The summed E-state index contributed by atoms with van der Waals surface area (Å²) in [5.74, 6) is -1.30. The average molecular weight is 1710 g/mol. The normalized spacial score (nSPS) is 25.3. The highest BCUT2D eigenvalue weighted by Crippen LogP contribution is 2.61. The zero-order valence-electron chi connectivity index (χ0n) is 69.2. The van der Waals surface area contributed by atoms with Crippen LogP contribution in [-0.4, -0.2) is 125 Å². The second-order valence-electron chi connectivity index (χ2n) is 34.6. The second-order valence-corrected chi connectivity index (χ2v) is 34.8. The fraction of sp³-hybridized carbons (Fsp3) is 0.359. The van der Waals surface area contributed by atoms with Crippen LogP contribution < -0.4 is 10.3 Å². The van der Waals surface area contributed by atoms with Crippen molar-refractivity contribution in [2.45, 2.75) is 174 Å². The number of Topliss-reactive ketones (excluding diaryl/α,β-unsaturated/α-hetero) is 1. The standard InChI is InChI=1S/C21H22FN3O4.C20H20FN3O.C17H16FN3O2.C17H16FN3O.C17H15FN2O.B.ClH2NO/c1-20-12-14-13-23-24(17-5-3-16(22)4-6-17)18(14)11-15(20)7-9-21(20,25(27)28)10-8-19(26)29-2;1-19-11-13-12-22-24(16-4-2-15(21)3-5-16)17(13)10-14(19)6-8-20(19)9-7-18(25)23-20;1-17-9-11-10-19-20(14-5-3-13(18)4-6-14)15(11)8-12(17)2-7-16(17)21(22)23;1-17-9-11-10-19-21(14-5-3-13(18)4-6-14)15(11)8-12(17)2-7-16(17)20-22;1-17-9-11-10-19-20(14-5-3-13(18)4-6-14)15(11)8-12(17)2-7-16(17)21;;1-2-3/h3-6,11,13H,7-10,12H2,1-2H3;2-5,10,12H,6-9,11H2,1H3,(H,23,25);3-6,8,10,16H,2,7,9H2,1H3;3-6,8,10,22H,2,7,9H2,1H3;3-6,8,10H,2,7,9H2,1H3;;2-3H/b;;;20-16+;;;/t20-,21+;19-,20+;16-,17-;2*17-;;/m00000../s1. The van der Waals surface area contributed by atoms with E-state index in [2.05, 4.69) is 79.8 Å². The number of ketones is 1. The SMILES string of the molecule is COC(=O)CC[C@]1([N+](=O)[O-])CCC2=Cc3c(cnn3-c3ccc(F)cc3)C[C@@]21C.C[C@]12Cc3cnn(-c4ccc(F)cc4)c3C=C1CC/C2=N\O.C[C@]12Cc3cnn(-c4ccc(F)cc4)c3C=C1CCC2=O.C[C@]12Cc3cnn(-c4ccc(F)cc4)c3C=C1CC[C@@H]2[N+](=O)[O-].C[C@]12Cc3cnn(-c4ccc(F)cc4)c3C=C1CC[C@@]21CCC(=O)N1.ONCl.[B]. The summed E-state index contributed by atoms with van der Waals surface area (Å²) < 4.78 is 79.5. The summed E-state index contributed by atoms with van der Waals surface area (Å²) in [6.07, 6.45) is 32.3.